The van der Waals surface area contributed by atoms with E-state index in [1.807, 2.05) is 72.8 Å². The Balaban J connectivity index is 1.13. The molecule has 44 heavy (non-hydrogen) atoms. The fraction of sp³-hybridized carbons (Fsp3) is 0.0556. The summed E-state index contributed by atoms with van der Waals surface area (Å²) in [5.41, 5.74) is 5.41. The maximum atomic E-state index is 13.5. The molecule has 0 aliphatic heterocycles. The molecule has 6 nitrogen and oxygen atoms in total. The Kier molecular flexibility index (Phi) is 7.21. The predicted octanol–water partition coefficient (Wildman–Crippen LogP) is 9.36. The lowest BCUT2D eigenvalue weighted by atomic mass is 10.1. The van der Waals surface area contributed by atoms with E-state index in [0.717, 1.165) is 42.9 Å². The van der Waals surface area contributed by atoms with Gasteiger partial charge in [0.25, 0.3) is 11.8 Å². The number of benzene rings is 3. The number of thiophene rings is 2. The molecule has 8 heteroatoms. The molecule has 0 saturated heterocycles. The second-order valence-electron chi connectivity index (χ2n) is 10.5. The van der Waals surface area contributed by atoms with E-state index in [9.17, 15) is 9.59 Å². The van der Waals surface area contributed by atoms with Crippen molar-refractivity contribution in [3.05, 3.63) is 130 Å². The van der Waals surface area contributed by atoms with Gasteiger partial charge in [0.05, 0.1) is 43.3 Å². The zero-order chi connectivity index (χ0) is 30.2. The molecule has 0 fully saturated rings. The van der Waals surface area contributed by atoms with E-state index in [0.29, 0.717) is 22.5 Å². The van der Waals surface area contributed by atoms with Crippen molar-refractivity contribution in [2.24, 2.45) is 0 Å². The van der Waals surface area contributed by atoms with Crippen molar-refractivity contribution in [1.82, 2.24) is 9.97 Å². The lowest BCUT2D eigenvalue weighted by Crippen LogP contribution is -2.14. The topological polar surface area (TPSA) is 84.0 Å². The number of carbonyl (C=O) groups excluding carboxylic acids is 2. The van der Waals surface area contributed by atoms with Crippen molar-refractivity contribution >= 4 is 67.7 Å². The standard InChI is InChI=1S/C36H26N4O2S2/c1-21-11-17-33(43-21)31-19-27(25-7-3-5-9-29(25)39-31)35(41)37-23-13-15-24(16-14-23)38-36(42)28-20-32(34-18-12-22(2)44-34)40-30-10-6-4-8-26(28)30/h3-20H,1-2H3,(H,37,41)(H,38,42). The third-order valence-corrected chi connectivity index (χ3v) is 9.35. The number of carbonyl (C=O) groups is 2. The van der Waals surface area contributed by atoms with Gasteiger partial charge < -0.3 is 10.6 Å². The molecule has 0 spiro atoms. The van der Waals surface area contributed by atoms with Crippen molar-refractivity contribution in [2.75, 3.05) is 10.6 Å². The lowest BCUT2D eigenvalue weighted by molar-refractivity contribution is 0.102. The first-order valence-corrected chi connectivity index (χ1v) is 15.7. The van der Waals surface area contributed by atoms with E-state index in [4.69, 9.17) is 9.97 Å². The van der Waals surface area contributed by atoms with Crippen LogP contribution in [0.15, 0.2) is 109 Å². The first-order valence-electron chi connectivity index (χ1n) is 14.1. The Bertz CT molecular complexity index is 2040. The lowest BCUT2D eigenvalue weighted by Gasteiger charge is -2.12. The largest absolute Gasteiger partial charge is 0.322 e. The van der Waals surface area contributed by atoms with Crippen LogP contribution in [0.2, 0.25) is 0 Å². The summed E-state index contributed by atoms with van der Waals surface area (Å²) in [6, 6.07) is 34.3. The van der Waals surface area contributed by atoms with Crippen LogP contribution in [0.3, 0.4) is 0 Å². The maximum Gasteiger partial charge on any atom is 0.256 e. The van der Waals surface area contributed by atoms with Gasteiger partial charge in [-0.2, -0.15) is 0 Å². The average Bonchev–Trinajstić information content (AvgIpc) is 3.69. The number of pyridine rings is 2. The molecule has 0 unspecified atom stereocenters. The van der Waals surface area contributed by atoms with Crippen LogP contribution in [0.25, 0.3) is 42.9 Å². The van der Waals surface area contributed by atoms with E-state index in [2.05, 4.69) is 36.6 Å². The summed E-state index contributed by atoms with van der Waals surface area (Å²) in [5.74, 6) is -0.455. The monoisotopic (exact) mass is 610 g/mol. The Morgan fingerprint density at radius 3 is 1.34 bits per heavy atom. The molecule has 0 atom stereocenters. The Morgan fingerprint density at radius 1 is 0.545 bits per heavy atom. The number of amides is 2. The quantitative estimate of drug-likeness (QED) is 0.197. The molecule has 0 saturated carbocycles. The first kappa shape index (κ1) is 27.6. The molecule has 0 aliphatic carbocycles. The van der Waals surface area contributed by atoms with Crippen LogP contribution >= 0.6 is 22.7 Å². The highest BCUT2D eigenvalue weighted by Crippen LogP contribution is 2.32. The van der Waals surface area contributed by atoms with Crippen molar-refractivity contribution in [3.8, 4) is 21.1 Å². The second-order valence-corrected chi connectivity index (χ2v) is 13.0. The fourth-order valence-corrected chi connectivity index (χ4v) is 6.81. The number of anilines is 2. The number of hydrogen-bond acceptors (Lipinski definition) is 6. The highest BCUT2D eigenvalue weighted by atomic mass is 32.1. The summed E-state index contributed by atoms with van der Waals surface area (Å²) in [6.45, 7) is 4.11. The van der Waals surface area contributed by atoms with Crippen molar-refractivity contribution in [1.29, 1.82) is 0 Å². The maximum absolute atomic E-state index is 13.5. The summed E-state index contributed by atoms with van der Waals surface area (Å²) in [5, 5.41) is 7.60. The first-order chi connectivity index (χ1) is 21.4. The van der Waals surface area contributed by atoms with E-state index in [-0.39, 0.29) is 11.8 Å². The minimum absolute atomic E-state index is 0.227. The Hall–Kier alpha value is -5.18. The molecule has 0 bridgehead atoms. The van der Waals surface area contributed by atoms with Gasteiger partial charge in [-0.25, -0.2) is 9.97 Å². The summed E-state index contributed by atoms with van der Waals surface area (Å²) in [6.07, 6.45) is 0. The molecule has 2 amide bonds. The van der Waals surface area contributed by atoms with Crippen LogP contribution in [-0.4, -0.2) is 21.8 Å². The Morgan fingerprint density at radius 2 is 0.955 bits per heavy atom. The SMILES string of the molecule is Cc1ccc(-c2cc(C(=O)Nc3ccc(NC(=O)c4cc(-c5ccc(C)s5)nc5ccccc45)cc3)c3ccccc3n2)s1. The number of rotatable bonds is 6. The summed E-state index contributed by atoms with van der Waals surface area (Å²) in [4.78, 5) is 41.1. The van der Waals surface area contributed by atoms with Gasteiger partial charge in [-0.1, -0.05) is 36.4 Å². The molecular formula is C36H26N4O2S2. The number of hydrogen-bond donors (Lipinski definition) is 2. The van der Waals surface area contributed by atoms with Crippen LogP contribution in [0.1, 0.15) is 30.5 Å². The minimum Gasteiger partial charge on any atom is -0.322 e. The highest BCUT2D eigenvalue weighted by molar-refractivity contribution is 7.15. The molecule has 7 rings (SSSR count). The molecule has 0 radical (unpaired) electrons. The molecule has 214 valence electrons. The average molecular weight is 611 g/mol. The summed E-state index contributed by atoms with van der Waals surface area (Å²) in [7, 11) is 0. The molecular weight excluding hydrogens is 585 g/mol. The summed E-state index contributed by atoms with van der Waals surface area (Å²) < 4.78 is 0. The van der Waals surface area contributed by atoms with Crippen molar-refractivity contribution in [2.45, 2.75) is 13.8 Å². The van der Waals surface area contributed by atoms with E-state index in [1.54, 1.807) is 46.9 Å². The molecule has 0 aliphatic rings. The van der Waals surface area contributed by atoms with Crippen LogP contribution in [0.4, 0.5) is 11.4 Å². The van der Waals surface area contributed by atoms with Gasteiger partial charge in [0.1, 0.15) is 0 Å². The molecule has 4 heterocycles. The third-order valence-electron chi connectivity index (χ3n) is 7.31. The van der Waals surface area contributed by atoms with Crippen LogP contribution in [0, 0.1) is 13.8 Å². The molecule has 7 aromatic rings. The number of aromatic nitrogens is 2. The van der Waals surface area contributed by atoms with Crippen molar-refractivity contribution < 1.29 is 9.59 Å². The molecule has 2 N–H and O–H groups in total. The summed E-state index contributed by atoms with van der Waals surface area (Å²) >= 11 is 3.30. The van der Waals surface area contributed by atoms with E-state index in [1.165, 1.54) is 9.75 Å². The zero-order valence-corrected chi connectivity index (χ0v) is 25.6. The van der Waals surface area contributed by atoms with Gasteiger partial charge in [0.15, 0.2) is 0 Å². The van der Waals surface area contributed by atoms with Crippen LogP contribution in [-0.2, 0) is 0 Å². The smallest absolute Gasteiger partial charge is 0.256 e. The molecule has 3 aromatic carbocycles. The van der Waals surface area contributed by atoms with Gasteiger partial charge in [-0.15, -0.1) is 22.7 Å². The van der Waals surface area contributed by atoms with Crippen molar-refractivity contribution in [3.63, 3.8) is 0 Å². The van der Waals surface area contributed by atoms with Crippen LogP contribution in [0.5, 0.6) is 0 Å². The minimum atomic E-state index is -0.227. The van der Waals surface area contributed by atoms with Gasteiger partial charge in [-0.3, -0.25) is 9.59 Å². The van der Waals surface area contributed by atoms with E-state index < -0.39 is 0 Å². The van der Waals surface area contributed by atoms with E-state index >= 15 is 0 Å². The zero-order valence-electron chi connectivity index (χ0n) is 23.9. The van der Waals surface area contributed by atoms with Gasteiger partial charge in [0, 0.05) is 31.9 Å². The highest BCUT2D eigenvalue weighted by Gasteiger charge is 2.17. The number of fused-ring (bicyclic) bond motifs is 2. The Labute approximate surface area is 262 Å². The second kappa shape index (κ2) is 11.5. The van der Waals surface area contributed by atoms with Crippen LogP contribution < -0.4 is 10.6 Å². The predicted molar refractivity (Wildman–Crippen MR) is 182 cm³/mol. The number of nitrogens with zero attached hydrogens (tertiary/aromatic N) is 2. The van der Waals surface area contributed by atoms with Gasteiger partial charge in [0.2, 0.25) is 0 Å². The number of nitrogens with one attached hydrogen (secondary N) is 2. The third kappa shape index (κ3) is 5.48. The fourth-order valence-electron chi connectivity index (χ4n) is 5.16. The number of para-hydroxylation sites is 2. The molecule has 4 aromatic heterocycles. The van der Waals surface area contributed by atoms with Gasteiger partial charge in [-0.05, 0) is 86.6 Å². The van der Waals surface area contributed by atoms with Gasteiger partial charge >= 0.3 is 0 Å². The normalized spacial score (nSPS) is 11.1. The number of aryl methyl sites for hydroxylation is 2.